The Morgan fingerprint density at radius 2 is 1.81 bits per heavy atom. The summed E-state index contributed by atoms with van der Waals surface area (Å²) in [6.45, 7) is 0.696. The van der Waals surface area contributed by atoms with Crippen LogP contribution in [0.2, 0.25) is 5.02 Å². The molecule has 2 aromatic rings. The maximum atomic E-state index is 12.8. The molecule has 0 spiro atoms. The summed E-state index contributed by atoms with van der Waals surface area (Å²) in [5.74, 6) is 0.920. The Kier molecular flexibility index (Phi) is 4.28. The Hall–Kier alpha value is -2.25. The van der Waals surface area contributed by atoms with Gasteiger partial charge in [-0.2, -0.15) is 0 Å². The maximum absolute atomic E-state index is 12.8. The quantitative estimate of drug-likeness (QED) is 0.801. The van der Waals surface area contributed by atoms with Crippen LogP contribution in [0, 0.1) is 0 Å². The number of hydrogen-bond acceptors (Lipinski definition) is 5. The first-order chi connectivity index (χ1) is 12.4. The van der Waals surface area contributed by atoms with E-state index in [9.17, 15) is 13.2 Å². The van der Waals surface area contributed by atoms with Crippen LogP contribution in [0.5, 0.6) is 11.5 Å². The second-order valence-electron chi connectivity index (χ2n) is 6.23. The van der Waals surface area contributed by atoms with Gasteiger partial charge < -0.3 is 14.4 Å². The highest BCUT2D eigenvalue weighted by Crippen LogP contribution is 2.33. The summed E-state index contributed by atoms with van der Waals surface area (Å²) < 4.78 is 36.1. The molecule has 0 aliphatic carbocycles. The Morgan fingerprint density at radius 3 is 2.58 bits per heavy atom. The summed E-state index contributed by atoms with van der Waals surface area (Å²) in [5.41, 5.74) is 0.457. The van der Waals surface area contributed by atoms with E-state index in [1.807, 2.05) is 0 Å². The SMILES string of the molecule is O=C(c1ccc2c(c1)OCO2)N1CC[C@H](S(=O)(=O)c2ccc(Cl)cc2)C1. The predicted molar refractivity (Wildman–Crippen MR) is 95.5 cm³/mol. The van der Waals surface area contributed by atoms with Crippen molar-refractivity contribution in [2.24, 2.45) is 0 Å². The fraction of sp³-hybridized carbons (Fsp3) is 0.278. The van der Waals surface area contributed by atoms with Gasteiger partial charge in [-0.3, -0.25) is 4.79 Å². The summed E-state index contributed by atoms with van der Waals surface area (Å²) in [5, 5.41) is -0.142. The summed E-state index contributed by atoms with van der Waals surface area (Å²) in [6.07, 6.45) is 0.404. The molecule has 0 unspecified atom stereocenters. The Labute approximate surface area is 156 Å². The van der Waals surface area contributed by atoms with E-state index in [4.69, 9.17) is 21.1 Å². The van der Waals surface area contributed by atoms with E-state index >= 15 is 0 Å². The molecule has 0 saturated carbocycles. The normalized spacial score (nSPS) is 19.0. The highest BCUT2D eigenvalue weighted by atomic mass is 35.5. The number of fused-ring (bicyclic) bond motifs is 1. The third-order valence-electron chi connectivity index (χ3n) is 4.63. The molecular weight excluding hydrogens is 378 g/mol. The van der Waals surface area contributed by atoms with Gasteiger partial charge in [0.05, 0.1) is 10.1 Å². The molecule has 1 atom stereocenters. The minimum absolute atomic E-state index is 0.137. The largest absolute Gasteiger partial charge is 0.454 e. The number of carbonyl (C=O) groups excluding carboxylic acids is 1. The first-order valence-electron chi connectivity index (χ1n) is 8.13. The minimum atomic E-state index is -3.51. The molecule has 0 bridgehead atoms. The molecule has 2 aromatic carbocycles. The number of likely N-dealkylation sites (tertiary alicyclic amines) is 1. The van der Waals surface area contributed by atoms with Crippen LogP contribution in [-0.4, -0.2) is 44.4 Å². The van der Waals surface area contributed by atoms with Crippen LogP contribution in [-0.2, 0) is 9.84 Å². The maximum Gasteiger partial charge on any atom is 0.254 e. The van der Waals surface area contributed by atoms with Crippen molar-refractivity contribution in [3.63, 3.8) is 0 Å². The molecule has 0 N–H and O–H groups in total. The molecule has 1 saturated heterocycles. The molecule has 4 rings (SSSR count). The summed E-state index contributed by atoms with van der Waals surface area (Å²) >= 11 is 5.83. The van der Waals surface area contributed by atoms with Crippen LogP contribution in [0.25, 0.3) is 0 Å². The lowest BCUT2D eigenvalue weighted by atomic mass is 10.2. The molecule has 2 heterocycles. The lowest BCUT2D eigenvalue weighted by Crippen LogP contribution is -2.31. The number of sulfone groups is 1. The monoisotopic (exact) mass is 393 g/mol. The van der Waals surface area contributed by atoms with Gasteiger partial charge in [-0.25, -0.2) is 8.42 Å². The van der Waals surface area contributed by atoms with Crippen molar-refractivity contribution in [2.45, 2.75) is 16.6 Å². The van der Waals surface area contributed by atoms with Gasteiger partial charge >= 0.3 is 0 Å². The molecular formula is C18H16ClNO5S. The van der Waals surface area contributed by atoms with Crippen LogP contribution in [0.3, 0.4) is 0 Å². The number of amides is 1. The standard InChI is InChI=1S/C18H16ClNO5S/c19-13-2-4-14(5-3-13)26(22,23)15-7-8-20(10-15)18(21)12-1-6-16-17(9-12)25-11-24-16/h1-6,9,15H,7-8,10-11H2/t15-/m0/s1. The molecule has 2 aliphatic heterocycles. The van der Waals surface area contributed by atoms with Crippen molar-refractivity contribution in [1.82, 2.24) is 4.90 Å². The van der Waals surface area contributed by atoms with Gasteiger partial charge in [0, 0.05) is 23.7 Å². The number of benzene rings is 2. The fourth-order valence-corrected chi connectivity index (χ4v) is 5.01. The molecule has 136 valence electrons. The lowest BCUT2D eigenvalue weighted by Gasteiger charge is -2.17. The smallest absolute Gasteiger partial charge is 0.254 e. The molecule has 8 heteroatoms. The van der Waals surface area contributed by atoms with E-state index < -0.39 is 15.1 Å². The van der Waals surface area contributed by atoms with Crippen molar-refractivity contribution in [3.05, 3.63) is 53.1 Å². The van der Waals surface area contributed by atoms with Gasteiger partial charge in [-0.1, -0.05) is 11.6 Å². The van der Waals surface area contributed by atoms with E-state index in [-0.39, 0.29) is 24.1 Å². The van der Waals surface area contributed by atoms with E-state index in [1.165, 1.54) is 12.1 Å². The van der Waals surface area contributed by atoms with E-state index in [0.717, 1.165) is 0 Å². The zero-order valence-electron chi connectivity index (χ0n) is 13.7. The van der Waals surface area contributed by atoms with Gasteiger partial charge in [0.1, 0.15) is 0 Å². The predicted octanol–water partition coefficient (Wildman–Crippen LogP) is 2.76. The Morgan fingerprint density at radius 1 is 1.08 bits per heavy atom. The second-order valence-corrected chi connectivity index (χ2v) is 8.89. The topological polar surface area (TPSA) is 72.9 Å². The Balaban J connectivity index is 1.51. The Bertz CT molecular complexity index is 958. The fourth-order valence-electron chi connectivity index (χ4n) is 3.19. The number of hydrogen-bond donors (Lipinski definition) is 0. The molecule has 6 nitrogen and oxygen atoms in total. The van der Waals surface area contributed by atoms with Crippen LogP contribution in [0.4, 0.5) is 0 Å². The van der Waals surface area contributed by atoms with Gasteiger partial charge in [0.25, 0.3) is 5.91 Å². The molecule has 26 heavy (non-hydrogen) atoms. The first kappa shape index (κ1) is 17.2. The highest BCUT2D eigenvalue weighted by Gasteiger charge is 2.36. The van der Waals surface area contributed by atoms with Crippen molar-refractivity contribution in [1.29, 1.82) is 0 Å². The zero-order chi connectivity index (χ0) is 18.3. The number of nitrogens with zero attached hydrogens (tertiary/aromatic N) is 1. The third kappa shape index (κ3) is 3.01. The summed E-state index contributed by atoms with van der Waals surface area (Å²) in [4.78, 5) is 14.5. The molecule has 0 radical (unpaired) electrons. The molecule has 1 amide bonds. The van der Waals surface area contributed by atoms with E-state index in [2.05, 4.69) is 0 Å². The van der Waals surface area contributed by atoms with Gasteiger partial charge in [-0.15, -0.1) is 0 Å². The third-order valence-corrected chi connectivity index (χ3v) is 7.08. The molecule has 2 aliphatic rings. The zero-order valence-corrected chi connectivity index (χ0v) is 15.3. The summed E-state index contributed by atoms with van der Waals surface area (Å²) in [6, 6.07) is 11.1. The second kappa shape index (κ2) is 6.48. The number of rotatable bonds is 3. The average Bonchev–Trinajstić information content (AvgIpc) is 3.30. The van der Waals surface area contributed by atoms with E-state index in [1.54, 1.807) is 35.2 Å². The first-order valence-corrected chi connectivity index (χ1v) is 10.1. The lowest BCUT2D eigenvalue weighted by molar-refractivity contribution is 0.0792. The minimum Gasteiger partial charge on any atom is -0.454 e. The summed E-state index contributed by atoms with van der Waals surface area (Å²) in [7, 11) is -3.51. The molecule has 1 fully saturated rings. The van der Waals surface area contributed by atoms with Gasteiger partial charge in [0.2, 0.25) is 6.79 Å². The molecule has 0 aromatic heterocycles. The number of carbonyl (C=O) groups is 1. The average molecular weight is 394 g/mol. The van der Waals surface area contributed by atoms with Crippen molar-refractivity contribution >= 4 is 27.3 Å². The van der Waals surface area contributed by atoms with Crippen LogP contribution < -0.4 is 9.47 Å². The number of ether oxygens (including phenoxy) is 2. The van der Waals surface area contributed by atoms with Crippen molar-refractivity contribution < 1.29 is 22.7 Å². The van der Waals surface area contributed by atoms with Crippen LogP contribution in [0.1, 0.15) is 16.8 Å². The van der Waals surface area contributed by atoms with E-state index in [0.29, 0.717) is 35.1 Å². The van der Waals surface area contributed by atoms with Crippen LogP contribution >= 0.6 is 11.6 Å². The van der Waals surface area contributed by atoms with Crippen molar-refractivity contribution in [3.8, 4) is 11.5 Å². The number of halogens is 1. The highest BCUT2D eigenvalue weighted by molar-refractivity contribution is 7.92. The van der Waals surface area contributed by atoms with Crippen molar-refractivity contribution in [2.75, 3.05) is 19.9 Å². The van der Waals surface area contributed by atoms with Gasteiger partial charge in [0.15, 0.2) is 21.3 Å². The van der Waals surface area contributed by atoms with Gasteiger partial charge in [-0.05, 0) is 48.9 Å². The van der Waals surface area contributed by atoms with Crippen LogP contribution in [0.15, 0.2) is 47.4 Å².